The average molecular weight is 370 g/mol. The van der Waals surface area contributed by atoms with Gasteiger partial charge in [0.15, 0.2) is 5.78 Å². The van der Waals surface area contributed by atoms with Gasteiger partial charge in [-0.2, -0.15) is 0 Å². The third kappa shape index (κ3) is 3.67. The Labute approximate surface area is 156 Å². The van der Waals surface area contributed by atoms with Crippen molar-refractivity contribution >= 4 is 23.4 Å². The highest BCUT2D eigenvalue weighted by Gasteiger charge is 2.44. The molecule has 0 N–H and O–H groups in total. The molecule has 0 bridgehead atoms. The number of hydrogen-bond acceptors (Lipinski definition) is 4. The molecule has 0 unspecified atom stereocenters. The van der Waals surface area contributed by atoms with E-state index in [4.69, 9.17) is 4.74 Å². The van der Waals surface area contributed by atoms with Gasteiger partial charge in [0.25, 0.3) is 5.91 Å². The van der Waals surface area contributed by atoms with E-state index in [1.54, 1.807) is 31.2 Å². The molecule has 0 aromatic heterocycles. The van der Waals surface area contributed by atoms with Crippen molar-refractivity contribution in [1.29, 1.82) is 0 Å². The van der Waals surface area contributed by atoms with Gasteiger partial charge in [0.1, 0.15) is 17.6 Å². The second kappa shape index (κ2) is 7.57. The average Bonchev–Trinajstić information content (AvgIpc) is 2.87. The predicted octanol–water partition coefficient (Wildman–Crippen LogP) is 3.26. The monoisotopic (exact) mass is 370 g/mol. The Hall–Kier alpha value is -3.22. The quantitative estimate of drug-likeness (QED) is 0.578. The molecule has 1 aliphatic rings. The second-order valence-corrected chi connectivity index (χ2v) is 6.11. The van der Waals surface area contributed by atoms with E-state index in [1.165, 1.54) is 29.2 Å². The van der Waals surface area contributed by atoms with E-state index >= 15 is 0 Å². The Bertz CT molecular complexity index is 865. The van der Waals surface area contributed by atoms with Crippen LogP contribution in [0.2, 0.25) is 0 Å². The third-order valence-corrected chi connectivity index (χ3v) is 4.34. The Morgan fingerprint density at radius 2 is 1.70 bits per heavy atom. The van der Waals surface area contributed by atoms with Crippen molar-refractivity contribution in [1.82, 2.24) is 4.90 Å². The number of carbonyl (C=O) groups is 3. The lowest BCUT2D eigenvalue weighted by Gasteiger charge is -2.19. The number of imide groups is 1. The van der Waals surface area contributed by atoms with E-state index in [-0.39, 0.29) is 12.3 Å². The van der Waals surface area contributed by atoms with Gasteiger partial charge in [0, 0.05) is 11.3 Å². The summed E-state index contributed by atoms with van der Waals surface area (Å²) in [7, 11) is 0. The van der Waals surface area contributed by atoms with Crippen LogP contribution in [0, 0.1) is 5.82 Å². The van der Waals surface area contributed by atoms with E-state index in [0.29, 0.717) is 23.6 Å². The summed E-state index contributed by atoms with van der Waals surface area (Å²) in [5.41, 5.74) is 0.783. The SMILES string of the molecule is CCOc1ccc(C(=O)CN2C(=O)[C@@H](C)N(c3ccc(F)cc3)C2=O)cc1. The number of Topliss-reactive ketones (excluding diaryl/α,β-unsaturated/α-hetero) is 1. The number of carbonyl (C=O) groups excluding carboxylic acids is 3. The first-order chi connectivity index (χ1) is 12.9. The maximum absolute atomic E-state index is 13.1. The molecule has 0 saturated carbocycles. The van der Waals surface area contributed by atoms with Crippen LogP contribution in [0.1, 0.15) is 24.2 Å². The van der Waals surface area contributed by atoms with E-state index < -0.39 is 23.8 Å². The molecule has 1 saturated heterocycles. The van der Waals surface area contributed by atoms with Gasteiger partial charge in [-0.05, 0) is 62.4 Å². The number of benzene rings is 2. The number of amides is 3. The molecule has 2 aromatic carbocycles. The van der Waals surface area contributed by atoms with Crippen LogP contribution in [0.15, 0.2) is 48.5 Å². The maximum Gasteiger partial charge on any atom is 0.332 e. The summed E-state index contributed by atoms with van der Waals surface area (Å²) in [6, 6.07) is 10.4. The number of anilines is 1. The van der Waals surface area contributed by atoms with E-state index in [2.05, 4.69) is 0 Å². The van der Waals surface area contributed by atoms with Crippen LogP contribution in [0.3, 0.4) is 0 Å². The van der Waals surface area contributed by atoms with Gasteiger partial charge in [0.2, 0.25) is 0 Å². The van der Waals surface area contributed by atoms with Crippen LogP contribution in [-0.4, -0.2) is 41.8 Å². The minimum absolute atomic E-state index is 0.353. The molecule has 1 atom stereocenters. The summed E-state index contributed by atoms with van der Waals surface area (Å²) in [5, 5.41) is 0. The van der Waals surface area contributed by atoms with E-state index in [9.17, 15) is 18.8 Å². The topological polar surface area (TPSA) is 66.9 Å². The van der Waals surface area contributed by atoms with Gasteiger partial charge in [-0.25, -0.2) is 9.18 Å². The van der Waals surface area contributed by atoms with Gasteiger partial charge >= 0.3 is 6.03 Å². The zero-order valence-corrected chi connectivity index (χ0v) is 15.0. The van der Waals surface area contributed by atoms with Gasteiger partial charge < -0.3 is 4.74 Å². The molecule has 6 nitrogen and oxygen atoms in total. The highest BCUT2D eigenvalue weighted by atomic mass is 19.1. The maximum atomic E-state index is 13.1. The van der Waals surface area contributed by atoms with Gasteiger partial charge in [-0.15, -0.1) is 0 Å². The van der Waals surface area contributed by atoms with Crippen molar-refractivity contribution in [2.45, 2.75) is 19.9 Å². The van der Waals surface area contributed by atoms with Crippen molar-refractivity contribution < 1.29 is 23.5 Å². The fraction of sp³-hybridized carbons (Fsp3) is 0.250. The van der Waals surface area contributed by atoms with Gasteiger partial charge in [0.05, 0.1) is 13.2 Å². The summed E-state index contributed by atoms with van der Waals surface area (Å²) in [4.78, 5) is 39.9. The fourth-order valence-electron chi connectivity index (χ4n) is 2.95. The van der Waals surface area contributed by atoms with Gasteiger partial charge in [-0.1, -0.05) is 0 Å². The minimum Gasteiger partial charge on any atom is -0.494 e. The Morgan fingerprint density at radius 1 is 1.07 bits per heavy atom. The fourth-order valence-corrected chi connectivity index (χ4v) is 2.95. The standard InChI is InChI=1S/C20H19FN2O4/c1-3-27-17-10-4-14(5-11-17)18(24)12-22-19(25)13(2)23(20(22)26)16-8-6-15(21)7-9-16/h4-11,13H,3,12H2,1-2H3/t13-/m1/s1. The molecule has 0 spiro atoms. The van der Waals surface area contributed by atoms with E-state index in [0.717, 1.165) is 4.90 Å². The first-order valence-corrected chi connectivity index (χ1v) is 8.58. The van der Waals surface area contributed by atoms with Crippen molar-refractivity contribution in [2.24, 2.45) is 0 Å². The molecular weight excluding hydrogens is 351 g/mol. The summed E-state index contributed by atoms with van der Waals surface area (Å²) < 4.78 is 18.5. The molecule has 1 heterocycles. The number of rotatable bonds is 6. The molecule has 1 fully saturated rings. The number of ether oxygens (including phenoxy) is 1. The largest absolute Gasteiger partial charge is 0.494 e. The molecule has 140 valence electrons. The Kier molecular flexibility index (Phi) is 5.21. The lowest BCUT2D eigenvalue weighted by atomic mass is 10.1. The second-order valence-electron chi connectivity index (χ2n) is 6.11. The Balaban J connectivity index is 1.76. The first-order valence-electron chi connectivity index (χ1n) is 8.58. The molecule has 2 aromatic rings. The highest BCUT2D eigenvalue weighted by molar-refractivity contribution is 6.16. The van der Waals surface area contributed by atoms with Crippen molar-refractivity contribution in [3.8, 4) is 5.75 Å². The lowest BCUT2D eigenvalue weighted by Crippen LogP contribution is -2.37. The highest BCUT2D eigenvalue weighted by Crippen LogP contribution is 2.26. The number of halogens is 1. The number of urea groups is 1. The molecule has 0 aliphatic carbocycles. The number of ketones is 1. The van der Waals surface area contributed by atoms with Crippen LogP contribution in [0.4, 0.5) is 14.9 Å². The molecule has 3 amide bonds. The van der Waals surface area contributed by atoms with Crippen LogP contribution < -0.4 is 9.64 Å². The van der Waals surface area contributed by atoms with Crippen LogP contribution in [0.5, 0.6) is 5.75 Å². The zero-order valence-electron chi connectivity index (χ0n) is 15.0. The molecular formula is C20H19FN2O4. The minimum atomic E-state index is -0.768. The summed E-state index contributed by atoms with van der Waals surface area (Å²) in [6.07, 6.45) is 0. The smallest absolute Gasteiger partial charge is 0.332 e. The molecule has 1 aliphatic heterocycles. The van der Waals surface area contributed by atoms with Crippen LogP contribution in [0.25, 0.3) is 0 Å². The summed E-state index contributed by atoms with van der Waals surface area (Å²) in [6.45, 7) is 3.59. The summed E-state index contributed by atoms with van der Waals surface area (Å²) >= 11 is 0. The summed E-state index contributed by atoms with van der Waals surface area (Å²) in [5.74, 6) is -0.623. The predicted molar refractivity (Wildman–Crippen MR) is 97.4 cm³/mol. The zero-order chi connectivity index (χ0) is 19.6. The van der Waals surface area contributed by atoms with Crippen molar-refractivity contribution in [3.63, 3.8) is 0 Å². The number of hydrogen-bond donors (Lipinski definition) is 0. The lowest BCUT2D eigenvalue weighted by molar-refractivity contribution is -0.126. The number of nitrogens with zero attached hydrogens (tertiary/aromatic N) is 2. The normalized spacial score (nSPS) is 16.8. The molecule has 7 heteroatoms. The van der Waals surface area contributed by atoms with Crippen LogP contribution >= 0.6 is 0 Å². The molecule has 3 rings (SSSR count). The Morgan fingerprint density at radius 3 is 2.30 bits per heavy atom. The van der Waals surface area contributed by atoms with Crippen molar-refractivity contribution in [3.05, 3.63) is 59.9 Å². The first kappa shape index (κ1) is 18.6. The van der Waals surface area contributed by atoms with Crippen molar-refractivity contribution in [2.75, 3.05) is 18.1 Å². The molecule has 0 radical (unpaired) electrons. The van der Waals surface area contributed by atoms with Crippen LogP contribution in [-0.2, 0) is 4.79 Å². The van der Waals surface area contributed by atoms with E-state index in [1.807, 2.05) is 6.92 Å². The molecule has 27 heavy (non-hydrogen) atoms. The van der Waals surface area contributed by atoms with Gasteiger partial charge in [-0.3, -0.25) is 19.4 Å². The third-order valence-electron chi connectivity index (χ3n) is 4.34.